The Morgan fingerprint density at radius 2 is 1.81 bits per heavy atom. The number of likely N-dealkylation sites (N-methyl/N-ethyl adjacent to an activating group) is 1. The molecule has 1 heterocycles. The number of benzene rings is 1. The van der Waals surface area contributed by atoms with Gasteiger partial charge in [-0.3, -0.25) is 4.79 Å². The van der Waals surface area contributed by atoms with E-state index in [1.807, 2.05) is 0 Å². The number of carbonyl (C=O) groups is 2. The zero-order valence-electron chi connectivity index (χ0n) is 20.8. The van der Waals surface area contributed by atoms with E-state index in [0.717, 1.165) is 6.07 Å². The van der Waals surface area contributed by atoms with E-state index in [9.17, 15) is 23.5 Å². The van der Waals surface area contributed by atoms with Crippen LogP contribution in [0.4, 0.5) is 19.4 Å². The quantitative estimate of drug-likeness (QED) is 0.496. The van der Waals surface area contributed by atoms with Crippen LogP contribution in [-0.4, -0.2) is 74.4 Å². The number of anilines is 1. The number of carboxylic acid groups (broad SMARTS) is 1. The highest BCUT2D eigenvalue weighted by Gasteiger charge is 2.38. The van der Waals surface area contributed by atoms with Crippen molar-refractivity contribution in [3.63, 3.8) is 0 Å². The average molecular weight is 508 g/mol. The van der Waals surface area contributed by atoms with Gasteiger partial charge in [0.2, 0.25) is 0 Å². The number of hydrogen-bond acceptors (Lipinski definition) is 7. The molecule has 3 atom stereocenters. The Hall–Kier alpha value is -3.54. The van der Waals surface area contributed by atoms with Crippen LogP contribution in [0.25, 0.3) is 0 Å². The van der Waals surface area contributed by atoms with Gasteiger partial charge in [0.05, 0.1) is 18.3 Å². The Balaban J connectivity index is 1.97. The lowest BCUT2D eigenvalue weighted by atomic mass is 10.1. The number of amides is 2. The van der Waals surface area contributed by atoms with E-state index < -0.39 is 47.4 Å². The standard InChI is InChI=1S/C24H31F2N5O5/c1-12(2)31(13(3)4)23(33)20-18(7-6-15(25)21(20)26)36-19-10-27-11-28-22(19)30(5)16-8-14(9-17(16)32)29-24(34)35/h6-7,10-14,16-17,29,32H,8-9H2,1-5H3,(H,34,35)/t14-,16+,17-/m1/s1. The molecule has 1 fully saturated rings. The van der Waals surface area contributed by atoms with E-state index >= 15 is 0 Å². The van der Waals surface area contributed by atoms with Crippen molar-refractivity contribution in [1.29, 1.82) is 0 Å². The molecule has 12 heteroatoms. The van der Waals surface area contributed by atoms with Crippen LogP contribution in [0.3, 0.4) is 0 Å². The molecule has 0 spiro atoms. The minimum atomic E-state index is -1.33. The van der Waals surface area contributed by atoms with Gasteiger partial charge < -0.3 is 30.1 Å². The van der Waals surface area contributed by atoms with Crippen molar-refractivity contribution in [3.8, 4) is 11.5 Å². The van der Waals surface area contributed by atoms with Crippen LogP contribution in [0.15, 0.2) is 24.7 Å². The summed E-state index contributed by atoms with van der Waals surface area (Å²) in [4.78, 5) is 35.5. The second kappa shape index (κ2) is 11.0. The van der Waals surface area contributed by atoms with Crippen LogP contribution in [-0.2, 0) is 0 Å². The molecule has 36 heavy (non-hydrogen) atoms. The third kappa shape index (κ3) is 5.64. The van der Waals surface area contributed by atoms with E-state index in [0.29, 0.717) is 6.42 Å². The molecular formula is C24H31F2N5O5. The third-order valence-electron chi connectivity index (χ3n) is 6.15. The number of ether oxygens (including phenoxy) is 1. The van der Waals surface area contributed by atoms with Gasteiger partial charge in [-0.05, 0) is 52.7 Å². The number of aliphatic hydroxyl groups is 1. The van der Waals surface area contributed by atoms with Crippen LogP contribution in [0.2, 0.25) is 0 Å². The highest BCUT2D eigenvalue weighted by atomic mass is 19.2. The molecular weight excluding hydrogens is 476 g/mol. The van der Waals surface area contributed by atoms with Crippen LogP contribution >= 0.6 is 0 Å². The maximum Gasteiger partial charge on any atom is 0.404 e. The molecule has 3 rings (SSSR count). The van der Waals surface area contributed by atoms with E-state index in [-0.39, 0.29) is 35.8 Å². The molecule has 0 saturated heterocycles. The summed E-state index contributed by atoms with van der Waals surface area (Å²) in [7, 11) is 1.64. The minimum Gasteiger partial charge on any atom is -0.465 e. The SMILES string of the molecule is CC(C)N(C(=O)c1c(Oc2cncnc2N(C)[C@H]2C[C@@H](NC(=O)O)C[C@H]2O)ccc(F)c1F)C(C)C. The van der Waals surface area contributed by atoms with E-state index in [1.54, 1.807) is 39.6 Å². The molecule has 10 nitrogen and oxygen atoms in total. The topological polar surface area (TPSA) is 128 Å². The van der Waals surface area contributed by atoms with Crippen molar-refractivity contribution in [3.05, 3.63) is 41.9 Å². The Bertz CT molecular complexity index is 1110. The second-order valence-corrected chi connectivity index (χ2v) is 9.31. The lowest BCUT2D eigenvalue weighted by Gasteiger charge is -2.32. The molecule has 0 radical (unpaired) electrons. The van der Waals surface area contributed by atoms with Gasteiger partial charge in [0, 0.05) is 25.2 Å². The van der Waals surface area contributed by atoms with Gasteiger partial charge in [-0.2, -0.15) is 0 Å². The molecule has 196 valence electrons. The second-order valence-electron chi connectivity index (χ2n) is 9.31. The van der Waals surface area contributed by atoms with Crippen LogP contribution in [0, 0.1) is 11.6 Å². The van der Waals surface area contributed by atoms with Gasteiger partial charge >= 0.3 is 6.09 Å². The average Bonchev–Trinajstić information content (AvgIpc) is 3.14. The molecule has 1 aliphatic rings. The monoisotopic (exact) mass is 507 g/mol. The number of carbonyl (C=O) groups excluding carboxylic acids is 1. The van der Waals surface area contributed by atoms with Gasteiger partial charge in [0.15, 0.2) is 23.2 Å². The fourth-order valence-electron chi connectivity index (χ4n) is 4.64. The Kier molecular flexibility index (Phi) is 8.28. The van der Waals surface area contributed by atoms with Gasteiger partial charge in [0.25, 0.3) is 5.91 Å². The lowest BCUT2D eigenvalue weighted by molar-refractivity contribution is 0.0634. The Labute approximate surface area is 207 Å². The molecule has 1 saturated carbocycles. The molecule has 1 aliphatic carbocycles. The normalized spacial score (nSPS) is 19.4. The highest BCUT2D eigenvalue weighted by molar-refractivity contribution is 5.97. The number of hydrogen-bond donors (Lipinski definition) is 3. The van der Waals surface area contributed by atoms with Crippen molar-refractivity contribution >= 4 is 17.8 Å². The summed E-state index contributed by atoms with van der Waals surface area (Å²) in [5.74, 6) is -3.20. The molecule has 1 aromatic carbocycles. The number of nitrogens with zero attached hydrogens (tertiary/aromatic N) is 4. The zero-order valence-corrected chi connectivity index (χ0v) is 20.8. The van der Waals surface area contributed by atoms with Gasteiger partial charge in [-0.25, -0.2) is 23.5 Å². The van der Waals surface area contributed by atoms with Gasteiger partial charge in [-0.15, -0.1) is 0 Å². The van der Waals surface area contributed by atoms with E-state index in [1.165, 1.54) is 23.5 Å². The number of nitrogens with one attached hydrogen (secondary N) is 1. The number of halogens is 2. The van der Waals surface area contributed by atoms with Gasteiger partial charge in [-0.1, -0.05) is 0 Å². The molecule has 2 aromatic rings. The number of aromatic nitrogens is 2. The molecule has 0 aliphatic heterocycles. The Morgan fingerprint density at radius 3 is 2.42 bits per heavy atom. The van der Waals surface area contributed by atoms with E-state index in [4.69, 9.17) is 9.84 Å². The van der Waals surface area contributed by atoms with E-state index in [2.05, 4.69) is 15.3 Å². The predicted octanol–water partition coefficient (Wildman–Crippen LogP) is 3.40. The largest absolute Gasteiger partial charge is 0.465 e. The lowest BCUT2D eigenvalue weighted by Crippen LogP contribution is -2.42. The van der Waals surface area contributed by atoms with Crippen molar-refractivity contribution in [1.82, 2.24) is 20.2 Å². The van der Waals surface area contributed by atoms with Crippen molar-refractivity contribution < 1.29 is 33.3 Å². The third-order valence-corrected chi connectivity index (χ3v) is 6.15. The first-order valence-electron chi connectivity index (χ1n) is 11.6. The molecule has 3 N–H and O–H groups in total. The fraction of sp³-hybridized carbons (Fsp3) is 0.500. The first-order chi connectivity index (χ1) is 16.9. The van der Waals surface area contributed by atoms with Crippen molar-refractivity contribution in [2.75, 3.05) is 11.9 Å². The fourth-order valence-corrected chi connectivity index (χ4v) is 4.64. The highest BCUT2D eigenvalue weighted by Crippen LogP contribution is 2.36. The molecule has 2 amide bonds. The minimum absolute atomic E-state index is 0.0440. The van der Waals surface area contributed by atoms with Gasteiger partial charge in [0.1, 0.15) is 17.6 Å². The van der Waals surface area contributed by atoms with Crippen molar-refractivity contribution in [2.24, 2.45) is 0 Å². The zero-order chi connectivity index (χ0) is 26.7. The summed E-state index contributed by atoms with van der Waals surface area (Å²) in [5, 5.41) is 21.9. The molecule has 0 bridgehead atoms. The first kappa shape index (κ1) is 27.1. The smallest absolute Gasteiger partial charge is 0.404 e. The van der Waals surface area contributed by atoms with Crippen LogP contribution in [0.1, 0.15) is 50.9 Å². The number of rotatable bonds is 8. The molecule has 0 unspecified atom stereocenters. The van der Waals surface area contributed by atoms with Crippen LogP contribution < -0.4 is 15.0 Å². The summed E-state index contributed by atoms with van der Waals surface area (Å²) in [5.41, 5.74) is -0.554. The molecule has 1 aromatic heterocycles. The maximum absolute atomic E-state index is 15.0. The Morgan fingerprint density at radius 1 is 1.14 bits per heavy atom. The maximum atomic E-state index is 15.0. The summed E-state index contributed by atoms with van der Waals surface area (Å²) < 4.78 is 35.1. The van der Waals surface area contributed by atoms with Crippen LogP contribution in [0.5, 0.6) is 11.5 Å². The summed E-state index contributed by atoms with van der Waals surface area (Å²) in [6, 6.07) is 0.495. The summed E-state index contributed by atoms with van der Waals surface area (Å²) >= 11 is 0. The predicted molar refractivity (Wildman–Crippen MR) is 127 cm³/mol. The summed E-state index contributed by atoms with van der Waals surface area (Å²) in [6.07, 6.45) is 1.04. The van der Waals surface area contributed by atoms with Crippen molar-refractivity contribution in [2.45, 2.75) is 70.8 Å². The summed E-state index contributed by atoms with van der Waals surface area (Å²) in [6.45, 7) is 7.08. The first-order valence-corrected chi connectivity index (χ1v) is 11.6. The number of aliphatic hydroxyl groups excluding tert-OH is 1.